The fourth-order valence-corrected chi connectivity index (χ4v) is 5.66. The molecular formula is C28H43F3N4O3. The van der Waals surface area contributed by atoms with E-state index >= 15 is 0 Å². The molecule has 1 saturated carbocycles. The number of hydrogen-bond donors (Lipinski definition) is 2. The number of amides is 3. The second-order valence-electron chi connectivity index (χ2n) is 11.2. The quantitative estimate of drug-likeness (QED) is 0.412. The molecule has 0 bridgehead atoms. The molecule has 2 aliphatic rings. The molecule has 0 spiro atoms. The summed E-state index contributed by atoms with van der Waals surface area (Å²) >= 11 is 0. The molecule has 1 fully saturated rings. The minimum Gasteiger partial charge on any atom is -0.381 e. The van der Waals surface area contributed by atoms with Crippen molar-refractivity contribution in [2.75, 3.05) is 40.4 Å². The third-order valence-electron chi connectivity index (χ3n) is 7.93. The van der Waals surface area contributed by atoms with E-state index in [1.54, 1.807) is 19.0 Å². The maximum atomic E-state index is 14.1. The molecule has 3 amide bonds. The molecule has 3 rings (SSSR count). The Labute approximate surface area is 224 Å². The van der Waals surface area contributed by atoms with Gasteiger partial charge in [0, 0.05) is 46.4 Å². The third kappa shape index (κ3) is 7.00. The number of urea groups is 1. The predicted molar refractivity (Wildman–Crippen MR) is 140 cm³/mol. The molecule has 7 nitrogen and oxygen atoms in total. The molecule has 38 heavy (non-hydrogen) atoms. The van der Waals surface area contributed by atoms with Gasteiger partial charge in [-0.25, -0.2) is 4.79 Å². The van der Waals surface area contributed by atoms with E-state index in [-0.39, 0.29) is 37.0 Å². The van der Waals surface area contributed by atoms with Crippen molar-refractivity contribution in [2.45, 2.75) is 77.7 Å². The van der Waals surface area contributed by atoms with Crippen LogP contribution in [0.2, 0.25) is 0 Å². The second kappa shape index (κ2) is 12.7. The summed E-state index contributed by atoms with van der Waals surface area (Å²) in [4.78, 5) is 29.7. The zero-order valence-corrected chi connectivity index (χ0v) is 23.3. The van der Waals surface area contributed by atoms with Crippen LogP contribution in [0.25, 0.3) is 0 Å². The lowest BCUT2D eigenvalue weighted by Crippen LogP contribution is -2.52. The van der Waals surface area contributed by atoms with Crippen LogP contribution >= 0.6 is 0 Å². The van der Waals surface area contributed by atoms with Crippen LogP contribution in [0.15, 0.2) is 18.2 Å². The second-order valence-corrected chi connectivity index (χ2v) is 11.2. The van der Waals surface area contributed by atoms with Gasteiger partial charge < -0.3 is 25.2 Å². The number of nitrogens with one attached hydrogen (secondary N) is 2. The molecule has 10 heteroatoms. The molecule has 0 radical (unpaired) electrons. The first-order chi connectivity index (χ1) is 17.9. The Morgan fingerprint density at radius 1 is 1.24 bits per heavy atom. The van der Waals surface area contributed by atoms with Crippen molar-refractivity contribution in [3.05, 3.63) is 34.9 Å². The Morgan fingerprint density at radius 3 is 2.61 bits per heavy atom. The lowest BCUT2D eigenvalue weighted by Gasteiger charge is -2.42. The van der Waals surface area contributed by atoms with Crippen LogP contribution in [0, 0.1) is 11.3 Å². The van der Waals surface area contributed by atoms with Gasteiger partial charge in [0.25, 0.3) is 0 Å². The fraction of sp³-hybridized carbons (Fsp3) is 0.714. The summed E-state index contributed by atoms with van der Waals surface area (Å²) in [7, 11) is 3.20. The van der Waals surface area contributed by atoms with Gasteiger partial charge in [0.2, 0.25) is 5.91 Å². The van der Waals surface area contributed by atoms with E-state index in [0.717, 1.165) is 44.5 Å². The predicted octanol–water partition coefficient (Wildman–Crippen LogP) is 4.96. The van der Waals surface area contributed by atoms with Crippen LogP contribution in [0.5, 0.6) is 0 Å². The van der Waals surface area contributed by atoms with Gasteiger partial charge in [0.1, 0.15) is 0 Å². The van der Waals surface area contributed by atoms with Crippen LogP contribution in [-0.4, -0.2) is 68.2 Å². The lowest BCUT2D eigenvalue weighted by molar-refractivity contribution is -0.146. The standard InChI is InChI=1S/C28H43F3N4O3/c1-6-13-38-14-7-12-32-22-10-11-27(16-22,19(2)3)25(36)35-17-20-15-21(28(29,30)31)8-9-23(20)24(18-35)33-26(37)34(4)5/h8-9,15,19,22,24,32H,6-7,10-14,16-18H2,1-5H3,(H,33,37)/t22-,24?,27+/m1/s1. The zero-order chi connectivity index (χ0) is 28.1. The fourth-order valence-electron chi connectivity index (χ4n) is 5.66. The molecule has 1 aromatic carbocycles. The van der Waals surface area contributed by atoms with E-state index in [4.69, 9.17) is 4.74 Å². The maximum absolute atomic E-state index is 14.1. The van der Waals surface area contributed by atoms with Gasteiger partial charge in [-0.2, -0.15) is 13.2 Å². The average molecular weight is 541 g/mol. The van der Waals surface area contributed by atoms with Crippen molar-refractivity contribution in [1.82, 2.24) is 20.4 Å². The number of fused-ring (bicyclic) bond motifs is 1. The number of carbonyl (C=O) groups excluding carboxylic acids is 2. The van der Waals surface area contributed by atoms with E-state index in [1.807, 2.05) is 13.8 Å². The molecule has 2 N–H and O–H groups in total. The number of nitrogens with zero attached hydrogens (tertiary/aromatic N) is 2. The van der Waals surface area contributed by atoms with Crippen LogP contribution in [0.1, 0.15) is 75.6 Å². The van der Waals surface area contributed by atoms with Gasteiger partial charge in [0.05, 0.1) is 17.0 Å². The number of halogens is 3. The topological polar surface area (TPSA) is 73.9 Å². The minimum absolute atomic E-state index is 0.0461. The molecule has 1 unspecified atom stereocenters. The van der Waals surface area contributed by atoms with Crippen LogP contribution in [0.4, 0.5) is 18.0 Å². The van der Waals surface area contributed by atoms with Crippen molar-refractivity contribution in [3.63, 3.8) is 0 Å². The van der Waals surface area contributed by atoms with Crippen molar-refractivity contribution in [1.29, 1.82) is 0 Å². The normalized spacial score (nSPS) is 23.4. The number of rotatable bonds is 10. The van der Waals surface area contributed by atoms with Gasteiger partial charge in [-0.05, 0) is 67.8 Å². The number of hydrogen-bond acceptors (Lipinski definition) is 4. The highest BCUT2D eigenvalue weighted by molar-refractivity contribution is 5.84. The Bertz CT molecular complexity index is 969. The van der Waals surface area contributed by atoms with Gasteiger partial charge in [0.15, 0.2) is 0 Å². The Balaban J connectivity index is 1.79. The summed E-state index contributed by atoms with van der Waals surface area (Å²) in [6.07, 6.45) is -0.337. The highest BCUT2D eigenvalue weighted by atomic mass is 19.4. The molecule has 3 atom stereocenters. The van der Waals surface area contributed by atoms with Crippen molar-refractivity contribution in [3.8, 4) is 0 Å². The first kappa shape index (κ1) is 30.2. The Kier molecular flexibility index (Phi) is 10.1. The summed E-state index contributed by atoms with van der Waals surface area (Å²) in [5.41, 5.74) is -0.324. The molecule has 1 aliphatic heterocycles. The molecule has 1 aliphatic carbocycles. The van der Waals surface area contributed by atoms with Gasteiger partial charge in [-0.15, -0.1) is 0 Å². The number of ether oxygens (including phenoxy) is 1. The first-order valence-corrected chi connectivity index (χ1v) is 13.7. The first-order valence-electron chi connectivity index (χ1n) is 13.7. The van der Waals surface area contributed by atoms with Crippen LogP contribution in [0.3, 0.4) is 0 Å². The van der Waals surface area contributed by atoms with Gasteiger partial charge >= 0.3 is 12.2 Å². The monoisotopic (exact) mass is 540 g/mol. The Morgan fingerprint density at radius 2 is 1.97 bits per heavy atom. The molecule has 0 saturated heterocycles. The van der Waals surface area contributed by atoms with Crippen LogP contribution in [-0.2, 0) is 22.3 Å². The zero-order valence-electron chi connectivity index (χ0n) is 23.3. The summed E-state index contributed by atoms with van der Waals surface area (Å²) < 4.78 is 46.0. The van der Waals surface area contributed by atoms with E-state index in [1.165, 1.54) is 11.0 Å². The maximum Gasteiger partial charge on any atom is 0.416 e. The minimum atomic E-state index is -4.49. The smallest absolute Gasteiger partial charge is 0.381 e. The highest BCUT2D eigenvalue weighted by Crippen LogP contribution is 2.47. The number of carbonyl (C=O) groups is 2. The van der Waals surface area contributed by atoms with Crippen LogP contribution < -0.4 is 10.6 Å². The van der Waals surface area contributed by atoms with Crippen molar-refractivity contribution < 1.29 is 27.5 Å². The summed E-state index contributed by atoms with van der Waals surface area (Å²) in [6.45, 7) is 8.75. The molecule has 0 aromatic heterocycles. The van der Waals surface area contributed by atoms with Gasteiger partial charge in [-0.3, -0.25) is 4.79 Å². The Hall–Kier alpha value is -2.33. The average Bonchev–Trinajstić information content (AvgIpc) is 3.30. The molecule has 1 aromatic rings. The van der Waals surface area contributed by atoms with Crippen molar-refractivity contribution >= 4 is 11.9 Å². The van der Waals surface area contributed by atoms with Crippen molar-refractivity contribution in [2.24, 2.45) is 11.3 Å². The summed E-state index contributed by atoms with van der Waals surface area (Å²) in [5, 5.41) is 6.47. The third-order valence-corrected chi connectivity index (χ3v) is 7.93. The molecule has 214 valence electrons. The van der Waals surface area contributed by atoms with E-state index in [9.17, 15) is 22.8 Å². The lowest BCUT2D eigenvalue weighted by atomic mass is 9.73. The summed E-state index contributed by atoms with van der Waals surface area (Å²) in [6, 6.07) is 2.83. The summed E-state index contributed by atoms with van der Waals surface area (Å²) in [5.74, 6) is 0.0163. The molecule has 1 heterocycles. The number of alkyl halides is 3. The highest BCUT2D eigenvalue weighted by Gasteiger charge is 2.50. The SMILES string of the molecule is CCCOCCCN[C@@H]1CC[C@@](C(=O)N2Cc3cc(C(F)(F)F)ccc3C(NC(=O)N(C)C)C2)(C(C)C)C1. The number of benzene rings is 1. The van der Waals surface area contributed by atoms with Gasteiger partial charge in [-0.1, -0.05) is 26.8 Å². The largest absolute Gasteiger partial charge is 0.416 e. The molecular weight excluding hydrogens is 497 g/mol. The van der Waals surface area contributed by atoms with E-state index in [0.29, 0.717) is 30.6 Å². The van der Waals surface area contributed by atoms with E-state index < -0.39 is 23.2 Å². The van der Waals surface area contributed by atoms with E-state index in [2.05, 4.69) is 17.6 Å².